The Morgan fingerprint density at radius 3 is 2.25 bits per heavy atom. The van der Waals surface area contributed by atoms with Crippen molar-refractivity contribution in [2.24, 2.45) is 0 Å². The number of rotatable bonds is 3. The second-order valence-corrected chi connectivity index (χ2v) is 4.97. The summed E-state index contributed by atoms with van der Waals surface area (Å²) in [5.41, 5.74) is 1.59. The van der Waals surface area contributed by atoms with E-state index in [0.29, 0.717) is 0 Å². The monoisotopic (exact) mass is 238 g/mol. The van der Waals surface area contributed by atoms with Crippen LogP contribution in [0.3, 0.4) is 0 Å². The minimum atomic E-state index is 0.214. The molecule has 0 saturated heterocycles. The zero-order valence-corrected chi connectivity index (χ0v) is 10.6. The van der Waals surface area contributed by atoms with E-state index in [-0.39, 0.29) is 5.41 Å². The third-order valence-corrected chi connectivity index (χ3v) is 4.28. The molecule has 0 atom stereocenters. The van der Waals surface area contributed by atoms with Gasteiger partial charge in [-0.15, -0.1) is 11.6 Å². The Bertz CT molecular complexity index is 325. The fourth-order valence-electron chi connectivity index (χ4n) is 2.67. The van der Waals surface area contributed by atoms with Crippen LogP contribution >= 0.6 is 11.6 Å². The molecular weight excluding hydrogens is 220 g/mol. The normalized spacial score (nSPS) is 19.4. The summed E-state index contributed by atoms with van der Waals surface area (Å²) in [6.07, 6.45) is 6.41. The van der Waals surface area contributed by atoms with Crippen LogP contribution < -0.4 is 4.74 Å². The molecule has 0 unspecified atom stereocenters. The molecule has 1 aliphatic carbocycles. The molecule has 0 aliphatic heterocycles. The number of hydrogen-bond donors (Lipinski definition) is 0. The first-order valence-electron chi connectivity index (χ1n) is 6.01. The first kappa shape index (κ1) is 11.8. The van der Waals surface area contributed by atoms with Crippen LogP contribution in [0, 0.1) is 0 Å². The highest BCUT2D eigenvalue weighted by Crippen LogP contribution is 2.40. The van der Waals surface area contributed by atoms with Gasteiger partial charge in [0.2, 0.25) is 0 Å². The van der Waals surface area contributed by atoms with Gasteiger partial charge < -0.3 is 4.74 Å². The molecule has 2 heteroatoms. The lowest BCUT2D eigenvalue weighted by atomic mass is 9.71. The largest absolute Gasteiger partial charge is 0.497 e. The Labute approximate surface area is 103 Å². The van der Waals surface area contributed by atoms with Crippen LogP contribution in [-0.2, 0) is 5.41 Å². The molecule has 0 N–H and O–H groups in total. The SMILES string of the molecule is COc1ccc(C2(CCl)CCCCC2)cc1. The zero-order chi connectivity index (χ0) is 11.4. The highest BCUT2D eigenvalue weighted by molar-refractivity contribution is 6.18. The highest BCUT2D eigenvalue weighted by atomic mass is 35.5. The summed E-state index contributed by atoms with van der Waals surface area (Å²) in [6, 6.07) is 8.43. The molecule has 0 radical (unpaired) electrons. The van der Waals surface area contributed by atoms with Gasteiger partial charge in [-0.3, -0.25) is 0 Å². The number of halogens is 1. The Morgan fingerprint density at radius 2 is 1.75 bits per heavy atom. The minimum Gasteiger partial charge on any atom is -0.497 e. The molecule has 1 saturated carbocycles. The number of alkyl halides is 1. The predicted octanol–water partition coefficient (Wildman–Crippen LogP) is 4.14. The smallest absolute Gasteiger partial charge is 0.118 e. The van der Waals surface area contributed by atoms with E-state index in [2.05, 4.69) is 12.1 Å². The average molecular weight is 239 g/mol. The van der Waals surface area contributed by atoms with Gasteiger partial charge in [-0.2, -0.15) is 0 Å². The van der Waals surface area contributed by atoms with Crippen LogP contribution in [0.15, 0.2) is 24.3 Å². The van der Waals surface area contributed by atoms with Crippen LogP contribution in [0.5, 0.6) is 5.75 Å². The van der Waals surface area contributed by atoms with Gasteiger partial charge >= 0.3 is 0 Å². The molecule has 16 heavy (non-hydrogen) atoms. The predicted molar refractivity (Wildman–Crippen MR) is 68.5 cm³/mol. The van der Waals surface area contributed by atoms with E-state index in [4.69, 9.17) is 16.3 Å². The van der Waals surface area contributed by atoms with E-state index in [1.165, 1.54) is 37.7 Å². The van der Waals surface area contributed by atoms with Gasteiger partial charge in [0.1, 0.15) is 5.75 Å². The van der Waals surface area contributed by atoms with Crippen molar-refractivity contribution in [3.05, 3.63) is 29.8 Å². The lowest BCUT2D eigenvalue weighted by Gasteiger charge is -2.36. The van der Waals surface area contributed by atoms with E-state index >= 15 is 0 Å². The Balaban J connectivity index is 2.24. The number of ether oxygens (including phenoxy) is 1. The van der Waals surface area contributed by atoms with Gasteiger partial charge in [0.05, 0.1) is 7.11 Å². The molecule has 1 nitrogen and oxygen atoms in total. The Morgan fingerprint density at radius 1 is 1.12 bits per heavy atom. The summed E-state index contributed by atoms with van der Waals surface area (Å²) < 4.78 is 5.19. The standard InChI is InChI=1S/C14H19ClO/c1-16-13-7-5-12(6-8-13)14(11-15)9-3-2-4-10-14/h5-8H,2-4,9-11H2,1H3. The van der Waals surface area contributed by atoms with Crippen molar-refractivity contribution in [1.82, 2.24) is 0 Å². The highest BCUT2D eigenvalue weighted by Gasteiger charge is 2.32. The van der Waals surface area contributed by atoms with E-state index < -0.39 is 0 Å². The van der Waals surface area contributed by atoms with Gasteiger partial charge in [-0.05, 0) is 30.5 Å². The van der Waals surface area contributed by atoms with Gasteiger partial charge in [0.25, 0.3) is 0 Å². The second kappa shape index (κ2) is 5.09. The topological polar surface area (TPSA) is 9.23 Å². The summed E-state index contributed by atoms with van der Waals surface area (Å²) in [7, 11) is 1.70. The number of hydrogen-bond acceptors (Lipinski definition) is 1. The molecule has 1 aromatic carbocycles. The van der Waals surface area contributed by atoms with Crippen LogP contribution in [0.25, 0.3) is 0 Å². The van der Waals surface area contributed by atoms with Crippen LogP contribution in [0.1, 0.15) is 37.7 Å². The number of benzene rings is 1. The Kier molecular flexibility index (Phi) is 3.75. The molecule has 88 valence electrons. The van der Waals surface area contributed by atoms with Crippen LogP contribution in [0.2, 0.25) is 0 Å². The number of methoxy groups -OCH3 is 1. The second-order valence-electron chi connectivity index (χ2n) is 4.70. The zero-order valence-electron chi connectivity index (χ0n) is 9.84. The van der Waals surface area contributed by atoms with Crippen molar-refractivity contribution < 1.29 is 4.74 Å². The fourth-order valence-corrected chi connectivity index (χ4v) is 3.09. The van der Waals surface area contributed by atoms with Gasteiger partial charge in [0.15, 0.2) is 0 Å². The van der Waals surface area contributed by atoms with E-state index in [1.54, 1.807) is 7.11 Å². The first-order valence-corrected chi connectivity index (χ1v) is 6.55. The molecule has 1 aliphatic rings. The molecule has 0 bridgehead atoms. The molecule has 2 rings (SSSR count). The molecule has 1 fully saturated rings. The van der Waals surface area contributed by atoms with Gasteiger partial charge in [-0.1, -0.05) is 31.4 Å². The average Bonchev–Trinajstić information content (AvgIpc) is 2.39. The van der Waals surface area contributed by atoms with Crippen molar-refractivity contribution >= 4 is 11.6 Å². The minimum absolute atomic E-state index is 0.214. The lowest BCUT2D eigenvalue weighted by Crippen LogP contribution is -2.30. The van der Waals surface area contributed by atoms with E-state index in [0.717, 1.165) is 11.6 Å². The maximum absolute atomic E-state index is 6.21. The summed E-state index contributed by atoms with van der Waals surface area (Å²) in [5.74, 6) is 1.66. The maximum Gasteiger partial charge on any atom is 0.118 e. The van der Waals surface area contributed by atoms with Crippen molar-refractivity contribution in [3.8, 4) is 5.75 Å². The van der Waals surface area contributed by atoms with Gasteiger partial charge in [0, 0.05) is 11.3 Å². The molecular formula is C14H19ClO. The van der Waals surface area contributed by atoms with E-state index in [9.17, 15) is 0 Å². The molecule has 0 spiro atoms. The van der Waals surface area contributed by atoms with Crippen molar-refractivity contribution in [1.29, 1.82) is 0 Å². The fraction of sp³-hybridized carbons (Fsp3) is 0.571. The third-order valence-electron chi connectivity index (χ3n) is 3.77. The first-order chi connectivity index (χ1) is 7.80. The lowest BCUT2D eigenvalue weighted by molar-refractivity contribution is 0.323. The summed E-state index contributed by atoms with van der Waals surface area (Å²) in [5, 5.41) is 0. The Hall–Kier alpha value is -0.690. The van der Waals surface area contributed by atoms with Crippen molar-refractivity contribution in [2.45, 2.75) is 37.5 Å². The van der Waals surface area contributed by atoms with Crippen LogP contribution in [0.4, 0.5) is 0 Å². The third kappa shape index (κ3) is 2.20. The van der Waals surface area contributed by atoms with Crippen molar-refractivity contribution in [2.75, 3.05) is 13.0 Å². The molecule has 0 heterocycles. The quantitative estimate of drug-likeness (QED) is 0.720. The maximum atomic E-state index is 6.21. The summed E-state index contributed by atoms with van der Waals surface area (Å²) in [4.78, 5) is 0. The summed E-state index contributed by atoms with van der Waals surface area (Å²) >= 11 is 6.21. The summed E-state index contributed by atoms with van der Waals surface area (Å²) in [6.45, 7) is 0. The van der Waals surface area contributed by atoms with Crippen LogP contribution in [-0.4, -0.2) is 13.0 Å². The molecule has 1 aromatic rings. The molecule has 0 amide bonds. The van der Waals surface area contributed by atoms with Gasteiger partial charge in [-0.25, -0.2) is 0 Å². The van der Waals surface area contributed by atoms with E-state index in [1.807, 2.05) is 12.1 Å². The molecule has 0 aromatic heterocycles. The van der Waals surface area contributed by atoms with Crippen molar-refractivity contribution in [3.63, 3.8) is 0 Å².